The summed E-state index contributed by atoms with van der Waals surface area (Å²) in [6, 6.07) is 0.328. The molecule has 1 atom stereocenters. The van der Waals surface area contributed by atoms with Gasteiger partial charge in [-0.1, -0.05) is 0 Å². The van der Waals surface area contributed by atoms with Crippen molar-refractivity contribution in [3.63, 3.8) is 0 Å². The third-order valence-electron chi connectivity index (χ3n) is 3.39. The summed E-state index contributed by atoms with van der Waals surface area (Å²) in [5, 5.41) is 3.25. The molecule has 0 aromatic heterocycles. The Labute approximate surface area is 94.2 Å². The number of hydrogen-bond donors (Lipinski definition) is 1. The standard InChI is InChI=1S/C11H19F3N2/c12-11(13,14)8-16(10-3-4-10)9-2-1-6-15-7-5-9/h9-10,15H,1-8H2. The number of rotatable bonds is 3. The van der Waals surface area contributed by atoms with E-state index < -0.39 is 12.7 Å². The average Bonchev–Trinajstić information content (AvgIpc) is 3.01. The van der Waals surface area contributed by atoms with Gasteiger partial charge in [-0.15, -0.1) is 0 Å². The topological polar surface area (TPSA) is 15.3 Å². The number of alkyl halides is 3. The van der Waals surface area contributed by atoms with Gasteiger partial charge in [-0.2, -0.15) is 13.2 Å². The first kappa shape index (κ1) is 12.2. The Hall–Kier alpha value is -0.290. The van der Waals surface area contributed by atoms with Gasteiger partial charge in [0.15, 0.2) is 0 Å². The Morgan fingerprint density at radius 1 is 1.00 bits per heavy atom. The molecule has 2 rings (SSSR count). The molecule has 0 spiro atoms. The Morgan fingerprint density at radius 3 is 2.31 bits per heavy atom. The van der Waals surface area contributed by atoms with Crippen LogP contribution >= 0.6 is 0 Å². The molecule has 16 heavy (non-hydrogen) atoms. The molecule has 1 saturated carbocycles. The highest BCUT2D eigenvalue weighted by Gasteiger charge is 2.41. The van der Waals surface area contributed by atoms with Crippen LogP contribution < -0.4 is 5.32 Å². The largest absolute Gasteiger partial charge is 0.401 e. The molecule has 1 unspecified atom stereocenters. The van der Waals surface area contributed by atoms with Crippen LogP contribution in [0.4, 0.5) is 13.2 Å². The van der Waals surface area contributed by atoms with E-state index in [0.29, 0.717) is 0 Å². The maximum atomic E-state index is 12.5. The summed E-state index contributed by atoms with van der Waals surface area (Å²) in [5.74, 6) is 0. The molecule has 5 heteroatoms. The highest BCUT2D eigenvalue weighted by atomic mass is 19.4. The molecule has 1 saturated heterocycles. The number of nitrogens with zero attached hydrogens (tertiary/aromatic N) is 1. The molecule has 1 N–H and O–H groups in total. The quantitative estimate of drug-likeness (QED) is 0.807. The minimum Gasteiger partial charge on any atom is -0.317 e. The molecule has 94 valence electrons. The number of hydrogen-bond acceptors (Lipinski definition) is 2. The van der Waals surface area contributed by atoms with Gasteiger partial charge in [0, 0.05) is 12.1 Å². The van der Waals surface area contributed by atoms with Crippen LogP contribution in [-0.2, 0) is 0 Å². The number of halogens is 3. The van der Waals surface area contributed by atoms with Gasteiger partial charge in [0.05, 0.1) is 6.54 Å². The average molecular weight is 236 g/mol. The van der Waals surface area contributed by atoms with Crippen molar-refractivity contribution in [3.8, 4) is 0 Å². The van der Waals surface area contributed by atoms with Gasteiger partial charge in [0.2, 0.25) is 0 Å². The van der Waals surface area contributed by atoms with E-state index in [0.717, 1.165) is 45.2 Å². The van der Waals surface area contributed by atoms with Crippen LogP contribution in [0.3, 0.4) is 0 Å². The predicted molar refractivity (Wildman–Crippen MR) is 56.3 cm³/mol. The van der Waals surface area contributed by atoms with Crippen LogP contribution in [0.25, 0.3) is 0 Å². The molecular formula is C11H19F3N2. The summed E-state index contributed by atoms with van der Waals surface area (Å²) in [4.78, 5) is 1.70. The summed E-state index contributed by atoms with van der Waals surface area (Å²) in [7, 11) is 0. The Morgan fingerprint density at radius 2 is 1.69 bits per heavy atom. The fraction of sp³-hybridized carbons (Fsp3) is 1.00. The lowest BCUT2D eigenvalue weighted by molar-refractivity contribution is -0.152. The smallest absolute Gasteiger partial charge is 0.317 e. The van der Waals surface area contributed by atoms with Gasteiger partial charge in [0.1, 0.15) is 0 Å². The molecule has 0 bridgehead atoms. The highest BCUT2D eigenvalue weighted by Crippen LogP contribution is 2.33. The van der Waals surface area contributed by atoms with Crippen molar-refractivity contribution in [3.05, 3.63) is 0 Å². The van der Waals surface area contributed by atoms with Gasteiger partial charge >= 0.3 is 6.18 Å². The first-order valence-corrected chi connectivity index (χ1v) is 6.09. The van der Waals surface area contributed by atoms with Crippen molar-refractivity contribution in [2.75, 3.05) is 19.6 Å². The fourth-order valence-corrected chi connectivity index (χ4v) is 2.50. The molecule has 2 nitrogen and oxygen atoms in total. The van der Waals surface area contributed by atoms with Gasteiger partial charge in [-0.3, -0.25) is 4.90 Å². The molecule has 0 radical (unpaired) electrons. The van der Waals surface area contributed by atoms with E-state index in [2.05, 4.69) is 5.32 Å². The maximum absolute atomic E-state index is 12.5. The van der Waals surface area contributed by atoms with E-state index in [4.69, 9.17) is 0 Å². The van der Waals surface area contributed by atoms with E-state index in [-0.39, 0.29) is 12.1 Å². The van der Waals surface area contributed by atoms with E-state index in [1.165, 1.54) is 0 Å². The van der Waals surface area contributed by atoms with Gasteiger partial charge in [0.25, 0.3) is 0 Å². The minimum absolute atomic E-state index is 0.129. The summed E-state index contributed by atoms with van der Waals surface area (Å²) < 4.78 is 37.5. The monoisotopic (exact) mass is 236 g/mol. The minimum atomic E-state index is -4.05. The van der Waals surface area contributed by atoms with Crippen molar-refractivity contribution in [2.45, 2.75) is 50.4 Å². The molecular weight excluding hydrogens is 217 g/mol. The predicted octanol–water partition coefficient (Wildman–Crippen LogP) is 2.16. The Kier molecular flexibility index (Phi) is 3.74. The first-order valence-electron chi connectivity index (χ1n) is 6.09. The second kappa shape index (κ2) is 4.92. The zero-order valence-electron chi connectivity index (χ0n) is 9.39. The molecule has 0 aromatic carbocycles. The van der Waals surface area contributed by atoms with Crippen molar-refractivity contribution >= 4 is 0 Å². The van der Waals surface area contributed by atoms with E-state index in [9.17, 15) is 13.2 Å². The van der Waals surface area contributed by atoms with Crippen molar-refractivity contribution in [1.82, 2.24) is 10.2 Å². The zero-order valence-corrected chi connectivity index (χ0v) is 9.39. The van der Waals surface area contributed by atoms with Crippen LogP contribution in [-0.4, -0.2) is 42.8 Å². The molecule has 2 fully saturated rings. The normalized spacial score (nSPS) is 28.1. The number of nitrogens with one attached hydrogen (secondary N) is 1. The highest BCUT2D eigenvalue weighted by molar-refractivity contribution is 4.90. The molecule has 0 aromatic rings. The first-order chi connectivity index (χ1) is 7.56. The molecule has 1 heterocycles. The summed E-state index contributed by atoms with van der Waals surface area (Å²) in [6.07, 6.45) is 0.584. The van der Waals surface area contributed by atoms with Crippen LogP contribution in [0.15, 0.2) is 0 Å². The van der Waals surface area contributed by atoms with Crippen LogP contribution in [0, 0.1) is 0 Å². The van der Waals surface area contributed by atoms with E-state index >= 15 is 0 Å². The van der Waals surface area contributed by atoms with E-state index in [1.54, 1.807) is 4.90 Å². The molecule has 2 aliphatic rings. The van der Waals surface area contributed by atoms with Crippen molar-refractivity contribution < 1.29 is 13.2 Å². The third kappa shape index (κ3) is 3.63. The fourth-order valence-electron chi connectivity index (χ4n) is 2.50. The zero-order chi connectivity index (χ0) is 11.6. The van der Waals surface area contributed by atoms with Crippen LogP contribution in [0.1, 0.15) is 32.1 Å². The van der Waals surface area contributed by atoms with Crippen LogP contribution in [0.5, 0.6) is 0 Å². The summed E-state index contributed by atoms with van der Waals surface area (Å²) in [6.45, 7) is 1.08. The molecule has 0 amide bonds. The second-order valence-electron chi connectivity index (χ2n) is 4.85. The molecule has 1 aliphatic heterocycles. The lowest BCUT2D eigenvalue weighted by Gasteiger charge is -2.31. The lowest BCUT2D eigenvalue weighted by Crippen LogP contribution is -2.43. The van der Waals surface area contributed by atoms with Gasteiger partial charge < -0.3 is 5.32 Å². The lowest BCUT2D eigenvalue weighted by atomic mass is 10.1. The Balaban J connectivity index is 1.94. The summed E-state index contributed by atoms with van der Waals surface area (Å²) >= 11 is 0. The van der Waals surface area contributed by atoms with Crippen molar-refractivity contribution in [2.24, 2.45) is 0 Å². The van der Waals surface area contributed by atoms with Gasteiger partial charge in [-0.25, -0.2) is 0 Å². The van der Waals surface area contributed by atoms with Crippen LogP contribution in [0.2, 0.25) is 0 Å². The Bertz CT molecular complexity index is 218. The second-order valence-corrected chi connectivity index (χ2v) is 4.85. The summed E-state index contributed by atoms with van der Waals surface area (Å²) in [5.41, 5.74) is 0. The van der Waals surface area contributed by atoms with E-state index in [1.807, 2.05) is 0 Å². The maximum Gasteiger partial charge on any atom is 0.401 e. The van der Waals surface area contributed by atoms with Gasteiger partial charge in [-0.05, 0) is 45.2 Å². The third-order valence-corrected chi connectivity index (χ3v) is 3.39. The SMILES string of the molecule is FC(F)(F)CN(C1CCCNCC1)C1CC1. The van der Waals surface area contributed by atoms with Crippen molar-refractivity contribution in [1.29, 1.82) is 0 Å². The molecule has 1 aliphatic carbocycles.